The molecular formula is C20H13ClN2OS2. The molecule has 6 heteroatoms. The highest BCUT2D eigenvalue weighted by molar-refractivity contribution is 7.22. The van der Waals surface area contributed by atoms with Gasteiger partial charge in [-0.1, -0.05) is 41.9 Å². The van der Waals surface area contributed by atoms with Crippen molar-refractivity contribution in [1.82, 2.24) is 4.98 Å². The third-order valence-electron chi connectivity index (χ3n) is 3.75. The average molecular weight is 397 g/mol. The zero-order valence-electron chi connectivity index (χ0n) is 13.5. The molecule has 0 radical (unpaired) electrons. The molecule has 2 aromatic heterocycles. The summed E-state index contributed by atoms with van der Waals surface area (Å²) < 4.78 is 1.13. The van der Waals surface area contributed by atoms with Crippen molar-refractivity contribution in [1.29, 1.82) is 0 Å². The standard InChI is InChI=1S/C20H13ClN2OS2/c21-15-6-2-1-5-13(15)9-10-18(24)23-19-14(11-12-25-19)20-22-16-7-3-4-8-17(16)26-20/h1-12H,(H,23,24)/b10-9+. The number of aromatic nitrogens is 1. The zero-order valence-corrected chi connectivity index (χ0v) is 15.9. The molecule has 26 heavy (non-hydrogen) atoms. The van der Waals surface area contributed by atoms with Crippen LogP contribution in [0, 0.1) is 0 Å². The number of thiophene rings is 1. The van der Waals surface area contributed by atoms with Gasteiger partial charge in [0, 0.05) is 16.7 Å². The first-order chi connectivity index (χ1) is 12.7. The number of rotatable bonds is 4. The van der Waals surface area contributed by atoms with Crippen LogP contribution in [0.15, 0.2) is 66.1 Å². The smallest absolute Gasteiger partial charge is 0.249 e. The number of benzene rings is 2. The van der Waals surface area contributed by atoms with E-state index in [9.17, 15) is 4.79 Å². The summed E-state index contributed by atoms with van der Waals surface area (Å²) >= 11 is 9.21. The number of anilines is 1. The number of hydrogen-bond donors (Lipinski definition) is 1. The topological polar surface area (TPSA) is 42.0 Å². The van der Waals surface area contributed by atoms with Crippen molar-refractivity contribution in [2.75, 3.05) is 5.32 Å². The van der Waals surface area contributed by atoms with Crippen LogP contribution in [0.2, 0.25) is 5.02 Å². The Kier molecular flexibility index (Phi) is 4.84. The van der Waals surface area contributed by atoms with E-state index in [0.717, 1.165) is 31.4 Å². The second-order valence-electron chi connectivity index (χ2n) is 5.49. The van der Waals surface area contributed by atoms with E-state index in [4.69, 9.17) is 11.6 Å². The number of amides is 1. The predicted molar refractivity (Wildman–Crippen MR) is 112 cm³/mol. The highest BCUT2D eigenvalue weighted by Gasteiger charge is 2.13. The minimum absolute atomic E-state index is 0.199. The van der Waals surface area contributed by atoms with E-state index in [0.29, 0.717) is 5.02 Å². The molecule has 0 aliphatic rings. The summed E-state index contributed by atoms with van der Waals surface area (Å²) in [4.78, 5) is 17.0. The van der Waals surface area contributed by atoms with Gasteiger partial charge in [0.1, 0.15) is 10.0 Å². The molecule has 0 unspecified atom stereocenters. The number of thiazole rings is 1. The van der Waals surface area contributed by atoms with Gasteiger partial charge in [-0.05, 0) is 41.3 Å². The van der Waals surface area contributed by atoms with E-state index >= 15 is 0 Å². The second-order valence-corrected chi connectivity index (χ2v) is 7.85. The summed E-state index contributed by atoms with van der Waals surface area (Å²) in [5.41, 5.74) is 2.71. The molecule has 2 aromatic carbocycles. The SMILES string of the molecule is O=C(/C=C/c1ccccc1Cl)Nc1sccc1-c1nc2ccccc2s1. The maximum Gasteiger partial charge on any atom is 0.249 e. The molecule has 0 spiro atoms. The quantitative estimate of drug-likeness (QED) is 0.409. The van der Waals surface area contributed by atoms with Crippen LogP contribution in [0.1, 0.15) is 5.56 Å². The van der Waals surface area contributed by atoms with Gasteiger partial charge in [-0.3, -0.25) is 4.79 Å². The molecule has 2 heterocycles. The lowest BCUT2D eigenvalue weighted by atomic mass is 10.2. The minimum atomic E-state index is -0.199. The second kappa shape index (κ2) is 7.41. The maximum absolute atomic E-state index is 12.3. The molecule has 4 aromatic rings. The Morgan fingerprint density at radius 1 is 1.08 bits per heavy atom. The van der Waals surface area contributed by atoms with Crippen LogP contribution < -0.4 is 5.32 Å². The van der Waals surface area contributed by atoms with Gasteiger partial charge in [0.15, 0.2) is 0 Å². The lowest BCUT2D eigenvalue weighted by Gasteiger charge is -2.02. The summed E-state index contributed by atoms with van der Waals surface area (Å²) in [6.45, 7) is 0. The van der Waals surface area contributed by atoms with Crippen molar-refractivity contribution in [2.24, 2.45) is 0 Å². The lowest BCUT2D eigenvalue weighted by molar-refractivity contribution is -0.111. The molecule has 4 rings (SSSR count). The molecule has 0 saturated carbocycles. The summed E-state index contributed by atoms with van der Waals surface area (Å²) in [6.07, 6.45) is 3.20. The first-order valence-electron chi connectivity index (χ1n) is 7.88. The van der Waals surface area contributed by atoms with Crippen LogP contribution in [0.5, 0.6) is 0 Å². The van der Waals surface area contributed by atoms with Crippen molar-refractivity contribution in [3.8, 4) is 10.6 Å². The van der Waals surface area contributed by atoms with Gasteiger partial charge in [0.25, 0.3) is 0 Å². The average Bonchev–Trinajstić information content (AvgIpc) is 3.27. The van der Waals surface area contributed by atoms with Crippen LogP contribution in [-0.2, 0) is 4.79 Å². The fraction of sp³-hybridized carbons (Fsp3) is 0. The number of halogens is 1. The fourth-order valence-electron chi connectivity index (χ4n) is 2.49. The summed E-state index contributed by atoms with van der Waals surface area (Å²) in [5, 5.41) is 7.20. The Hall–Kier alpha value is -2.47. The van der Waals surface area contributed by atoms with Gasteiger partial charge in [-0.25, -0.2) is 4.98 Å². The van der Waals surface area contributed by atoms with E-state index in [-0.39, 0.29) is 5.91 Å². The van der Waals surface area contributed by atoms with Crippen LogP contribution >= 0.6 is 34.3 Å². The lowest BCUT2D eigenvalue weighted by Crippen LogP contribution is -2.07. The molecule has 3 nitrogen and oxygen atoms in total. The largest absolute Gasteiger partial charge is 0.314 e. The van der Waals surface area contributed by atoms with Crippen molar-refractivity contribution >= 4 is 61.5 Å². The first kappa shape index (κ1) is 17.0. The Bertz CT molecular complexity index is 1080. The number of carbonyl (C=O) groups excluding carboxylic acids is 1. The normalized spacial score (nSPS) is 11.3. The van der Waals surface area contributed by atoms with Crippen molar-refractivity contribution in [2.45, 2.75) is 0 Å². The fourth-order valence-corrected chi connectivity index (χ4v) is 4.54. The van der Waals surface area contributed by atoms with Crippen molar-refractivity contribution < 1.29 is 4.79 Å². The van der Waals surface area contributed by atoms with Gasteiger partial charge in [0.2, 0.25) is 5.91 Å². The monoisotopic (exact) mass is 396 g/mol. The molecule has 1 N–H and O–H groups in total. The molecule has 0 aliphatic heterocycles. The van der Waals surface area contributed by atoms with Crippen molar-refractivity contribution in [3.63, 3.8) is 0 Å². The molecule has 0 fully saturated rings. The number of hydrogen-bond acceptors (Lipinski definition) is 4. The van der Waals surface area contributed by atoms with Gasteiger partial charge >= 0.3 is 0 Å². The Balaban J connectivity index is 1.55. The van der Waals surface area contributed by atoms with E-state index in [1.54, 1.807) is 23.5 Å². The van der Waals surface area contributed by atoms with Crippen LogP contribution in [0.4, 0.5) is 5.00 Å². The van der Waals surface area contributed by atoms with Crippen LogP contribution in [0.3, 0.4) is 0 Å². The van der Waals surface area contributed by atoms with Crippen molar-refractivity contribution in [3.05, 3.63) is 76.6 Å². The maximum atomic E-state index is 12.3. The first-order valence-corrected chi connectivity index (χ1v) is 9.95. The number of nitrogens with zero attached hydrogens (tertiary/aromatic N) is 1. The van der Waals surface area contributed by atoms with E-state index < -0.39 is 0 Å². The van der Waals surface area contributed by atoms with Gasteiger partial charge in [0.05, 0.1) is 10.2 Å². The zero-order chi connectivity index (χ0) is 17.9. The third kappa shape index (κ3) is 3.55. The van der Waals surface area contributed by atoms with E-state index in [1.807, 2.05) is 53.9 Å². The predicted octanol–water partition coefficient (Wildman–Crippen LogP) is 6.33. The van der Waals surface area contributed by atoms with Crippen LogP contribution in [-0.4, -0.2) is 10.9 Å². The molecule has 0 saturated heterocycles. The Morgan fingerprint density at radius 2 is 1.88 bits per heavy atom. The van der Waals surface area contributed by atoms with Gasteiger partial charge in [-0.2, -0.15) is 0 Å². The Morgan fingerprint density at radius 3 is 2.73 bits per heavy atom. The van der Waals surface area contributed by atoms with E-state index in [1.165, 1.54) is 17.4 Å². The van der Waals surface area contributed by atoms with Crippen LogP contribution in [0.25, 0.3) is 26.9 Å². The van der Waals surface area contributed by atoms with E-state index in [2.05, 4.69) is 10.3 Å². The minimum Gasteiger partial charge on any atom is -0.314 e. The summed E-state index contributed by atoms with van der Waals surface area (Å²) in [5.74, 6) is -0.199. The Labute approximate surface area is 163 Å². The molecule has 0 atom stereocenters. The molecule has 1 amide bonds. The van der Waals surface area contributed by atoms with Gasteiger partial charge in [-0.15, -0.1) is 22.7 Å². The summed E-state index contributed by atoms with van der Waals surface area (Å²) in [7, 11) is 0. The number of para-hydroxylation sites is 1. The highest BCUT2D eigenvalue weighted by atomic mass is 35.5. The molecular weight excluding hydrogens is 384 g/mol. The highest BCUT2D eigenvalue weighted by Crippen LogP contribution is 2.37. The number of carbonyl (C=O) groups is 1. The number of nitrogens with one attached hydrogen (secondary N) is 1. The third-order valence-corrected chi connectivity index (χ3v) is 5.99. The number of fused-ring (bicyclic) bond motifs is 1. The molecule has 0 aliphatic carbocycles. The molecule has 128 valence electrons. The summed E-state index contributed by atoms with van der Waals surface area (Å²) in [6, 6.07) is 17.4. The van der Waals surface area contributed by atoms with Gasteiger partial charge < -0.3 is 5.32 Å². The molecule has 0 bridgehead atoms.